The minimum absolute atomic E-state index is 0.0169. The fraction of sp³-hybridized carbons (Fsp3) is 0.652. The van der Waals surface area contributed by atoms with E-state index in [9.17, 15) is 14.7 Å². The summed E-state index contributed by atoms with van der Waals surface area (Å²) in [6, 6.07) is 6.13. The van der Waals surface area contributed by atoms with E-state index in [1.165, 1.54) is 19.3 Å². The molecule has 0 saturated heterocycles. The number of benzene rings is 1. The zero-order valence-corrected chi connectivity index (χ0v) is 17.7. The van der Waals surface area contributed by atoms with Crippen LogP contribution in [0.2, 0.25) is 0 Å². The highest BCUT2D eigenvalue weighted by molar-refractivity contribution is 5.96. The Bertz CT molecular complexity index is 715. The molecule has 6 heteroatoms. The van der Waals surface area contributed by atoms with Crippen LogP contribution in [0.25, 0.3) is 0 Å². The zero-order chi connectivity index (χ0) is 20.8. The van der Waals surface area contributed by atoms with Gasteiger partial charge in [-0.1, -0.05) is 26.2 Å². The molecule has 1 aliphatic heterocycles. The number of hydrogen-bond donors (Lipinski definition) is 1. The molecular weight excluding hydrogens is 368 g/mol. The first-order valence-electron chi connectivity index (χ1n) is 10.9. The van der Waals surface area contributed by atoms with Crippen molar-refractivity contribution in [1.82, 2.24) is 4.90 Å². The summed E-state index contributed by atoms with van der Waals surface area (Å²) in [5, 5.41) is 9.35. The summed E-state index contributed by atoms with van der Waals surface area (Å²) >= 11 is 0. The Labute approximate surface area is 173 Å². The molecular formula is C23H34N2O4. The zero-order valence-electron chi connectivity index (χ0n) is 17.7. The molecule has 1 atom stereocenters. The second kappa shape index (κ2) is 10.1. The molecule has 1 N–H and O–H groups in total. The molecule has 0 aromatic heterocycles. The predicted octanol–water partition coefficient (Wildman–Crippen LogP) is 3.47. The van der Waals surface area contributed by atoms with Gasteiger partial charge in [0.2, 0.25) is 11.8 Å². The third-order valence-corrected chi connectivity index (χ3v) is 6.23. The highest BCUT2D eigenvalue weighted by Crippen LogP contribution is 2.37. The van der Waals surface area contributed by atoms with Crippen LogP contribution in [-0.4, -0.2) is 54.7 Å². The van der Waals surface area contributed by atoms with Crippen molar-refractivity contribution in [2.24, 2.45) is 0 Å². The first-order valence-corrected chi connectivity index (χ1v) is 10.9. The summed E-state index contributed by atoms with van der Waals surface area (Å²) in [5.74, 6) is 1.22. The van der Waals surface area contributed by atoms with E-state index in [0.29, 0.717) is 32.4 Å². The van der Waals surface area contributed by atoms with Crippen LogP contribution in [0.4, 0.5) is 5.69 Å². The van der Waals surface area contributed by atoms with Gasteiger partial charge in [0.05, 0.1) is 13.2 Å². The standard InChI is InChI=1S/C23H34N2O4/c1-17-15-23(28)24(2)21-11-10-19(16-20(17)21)29-14-6-9-22(27)25(12-13-26)18-7-4-3-5-8-18/h10-11,16-18,26H,3-9,12-15H2,1-2H3. The largest absolute Gasteiger partial charge is 0.494 e. The maximum Gasteiger partial charge on any atom is 0.227 e. The number of aliphatic hydroxyl groups excluding tert-OH is 1. The molecule has 2 aliphatic rings. The number of carbonyl (C=O) groups is 2. The van der Waals surface area contributed by atoms with Crippen molar-refractivity contribution in [3.63, 3.8) is 0 Å². The minimum Gasteiger partial charge on any atom is -0.494 e. The number of fused-ring (bicyclic) bond motifs is 1. The lowest BCUT2D eigenvalue weighted by Crippen LogP contribution is -2.43. The van der Waals surface area contributed by atoms with Crippen molar-refractivity contribution in [2.45, 2.75) is 70.3 Å². The normalized spacial score (nSPS) is 19.8. The van der Waals surface area contributed by atoms with Crippen LogP contribution in [0, 0.1) is 0 Å². The van der Waals surface area contributed by atoms with Crippen molar-refractivity contribution in [1.29, 1.82) is 0 Å². The average Bonchev–Trinajstić information content (AvgIpc) is 2.74. The molecule has 3 rings (SSSR count). The van der Waals surface area contributed by atoms with Crippen molar-refractivity contribution in [3.8, 4) is 5.75 Å². The van der Waals surface area contributed by atoms with Crippen LogP contribution in [0.1, 0.15) is 69.8 Å². The van der Waals surface area contributed by atoms with E-state index < -0.39 is 0 Å². The van der Waals surface area contributed by atoms with E-state index in [1.54, 1.807) is 4.90 Å². The van der Waals surface area contributed by atoms with Gasteiger partial charge in [0, 0.05) is 38.2 Å². The first kappa shape index (κ1) is 21.6. The van der Waals surface area contributed by atoms with Crippen molar-refractivity contribution < 1.29 is 19.4 Å². The number of aliphatic hydroxyl groups is 1. The van der Waals surface area contributed by atoms with Crippen LogP contribution >= 0.6 is 0 Å². The first-order chi connectivity index (χ1) is 14.0. The third-order valence-electron chi connectivity index (χ3n) is 6.23. The topological polar surface area (TPSA) is 70.1 Å². The molecule has 6 nitrogen and oxygen atoms in total. The van der Waals surface area contributed by atoms with E-state index >= 15 is 0 Å². The van der Waals surface area contributed by atoms with Gasteiger partial charge in [0.15, 0.2) is 0 Å². The summed E-state index contributed by atoms with van der Waals surface area (Å²) in [4.78, 5) is 28.2. The van der Waals surface area contributed by atoms with E-state index in [2.05, 4.69) is 6.92 Å². The van der Waals surface area contributed by atoms with Crippen molar-refractivity contribution >= 4 is 17.5 Å². The SMILES string of the molecule is CC1CC(=O)N(C)c2ccc(OCCCC(=O)N(CCO)C3CCCCC3)cc21. The van der Waals surface area contributed by atoms with Gasteiger partial charge in [-0.05, 0) is 48.9 Å². The lowest BCUT2D eigenvalue weighted by molar-refractivity contribution is -0.135. The Morgan fingerprint density at radius 2 is 2.03 bits per heavy atom. The molecule has 29 heavy (non-hydrogen) atoms. The molecule has 1 aliphatic carbocycles. The van der Waals surface area contributed by atoms with Gasteiger partial charge in [-0.2, -0.15) is 0 Å². The molecule has 1 aromatic carbocycles. The number of carbonyl (C=O) groups excluding carboxylic acids is 2. The quantitative estimate of drug-likeness (QED) is 0.676. The maximum absolute atomic E-state index is 12.7. The van der Waals surface area contributed by atoms with Gasteiger partial charge in [0.1, 0.15) is 5.75 Å². The van der Waals surface area contributed by atoms with Crippen LogP contribution in [0.5, 0.6) is 5.75 Å². The summed E-state index contributed by atoms with van der Waals surface area (Å²) in [7, 11) is 1.81. The van der Waals surface area contributed by atoms with Gasteiger partial charge >= 0.3 is 0 Å². The molecule has 160 valence electrons. The number of ether oxygens (including phenoxy) is 1. The van der Waals surface area contributed by atoms with Crippen LogP contribution in [-0.2, 0) is 9.59 Å². The van der Waals surface area contributed by atoms with Gasteiger partial charge in [-0.3, -0.25) is 9.59 Å². The minimum atomic E-state index is 0.0169. The van der Waals surface area contributed by atoms with Crippen LogP contribution in [0.15, 0.2) is 18.2 Å². The molecule has 1 heterocycles. The number of rotatable bonds is 8. The van der Waals surface area contributed by atoms with E-state index in [-0.39, 0.29) is 30.4 Å². The van der Waals surface area contributed by atoms with Gasteiger partial charge < -0.3 is 19.6 Å². The Kier molecular flexibility index (Phi) is 7.53. The fourth-order valence-corrected chi connectivity index (χ4v) is 4.53. The number of amides is 2. The van der Waals surface area contributed by atoms with Crippen molar-refractivity contribution in [3.05, 3.63) is 23.8 Å². The van der Waals surface area contributed by atoms with Crippen molar-refractivity contribution in [2.75, 3.05) is 31.7 Å². The van der Waals surface area contributed by atoms with E-state index in [4.69, 9.17) is 4.74 Å². The molecule has 1 aromatic rings. The molecule has 2 amide bonds. The smallest absolute Gasteiger partial charge is 0.227 e. The fourth-order valence-electron chi connectivity index (χ4n) is 4.53. The lowest BCUT2D eigenvalue weighted by Gasteiger charge is -2.34. The molecule has 0 radical (unpaired) electrons. The highest BCUT2D eigenvalue weighted by atomic mass is 16.5. The van der Waals surface area contributed by atoms with Gasteiger partial charge in [-0.15, -0.1) is 0 Å². The molecule has 1 unspecified atom stereocenters. The Morgan fingerprint density at radius 3 is 2.76 bits per heavy atom. The summed E-state index contributed by atoms with van der Waals surface area (Å²) in [5.41, 5.74) is 2.08. The lowest BCUT2D eigenvalue weighted by atomic mass is 9.91. The number of nitrogens with zero attached hydrogens (tertiary/aromatic N) is 2. The Balaban J connectivity index is 1.50. The van der Waals surface area contributed by atoms with Gasteiger partial charge in [0.25, 0.3) is 0 Å². The second-order valence-electron chi connectivity index (χ2n) is 8.33. The third kappa shape index (κ3) is 5.30. The van der Waals surface area contributed by atoms with Crippen LogP contribution < -0.4 is 9.64 Å². The molecule has 1 saturated carbocycles. The Morgan fingerprint density at radius 1 is 1.28 bits per heavy atom. The molecule has 1 fully saturated rings. The summed E-state index contributed by atoms with van der Waals surface area (Å²) in [6.07, 6.45) is 7.28. The number of hydrogen-bond acceptors (Lipinski definition) is 4. The van der Waals surface area contributed by atoms with E-state index in [1.807, 2.05) is 30.1 Å². The summed E-state index contributed by atoms with van der Waals surface area (Å²) < 4.78 is 5.89. The maximum atomic E-state index is 12.7. The Hall–Kier alpha value is -2.08. The monoisotopic (exact) mass is 402 g/mol. The number of anilines is 1. The van der Waals surface area contributed by atoms with E-state index in [0.717, 1.165) is 29.8 Å². The molecule has 0 spiro atoms. The highest BCUT2D eigenvalue weighted by Gasteiger charge is 2.27. The van der Waals surface area contributed by atoms with Crippen LogP contribution in [0.3, 0.4) is 0 Å². The summed E-state index contributed by atoms with van der Waals surface area (Å²) in [6.45, 7) is 2.99. The second-order valence-corrected chi connectivity index (χ2v) is 8.33. The molecule has 0 bridgehead atoms. The average molecular weight is 403 g/mol. The predicted molar refractivity (Wildman–Crippen MR) is 113 cm³/mol. The van der Waals surface area contributed by atoms with Gasteiger partial charge in [-0.25, -0.2) is 0 Å².